The van der Waals surface area contributed by atoms with Crippen molar-refractivity contribution in [2.24, 2.45) is 0 Å². The van der Waals surface area contributed by atoms with E-state index in [1.165, 1.54) is 0 Å². The molecule has 1 rings (SSSR count). The van der Waals surface area contributed by atoms with Gasteiger partial charge in [0.15, 0.2) is 0 Å². The fraction of sp³-hybridized carbons (Fsp3) is 0. The van der Waals surface area contributed by atoms with E-state index < -0.39 is 0 Å². The second kappa shape index (κ2) is 5.60. The third-order valence-corrected chi connectivity index (χ3v) is 1.66. The quantitative estimate of drug-likeness (QED) is 0.462. The van der Waals surface area contributed by atoms with Crippen LogP contribution in [0.15, 0.2) is 12.1 Å². The fourth-order valence-electron chi connectivity index (χ4n) is 0.605. The van der Waals surface area contributed by atoms with Crippen molar-refractivity contribution in [1.29, 1.82) is 0 Å². The van der Waals surface area contributed by atoms with Gasteiger partial charge in [-0.3, -0.25) is 0 Å². The number of rotatable bonds is 0. The van der Waals surface area contributed by atoms with Gasteiger partial charge in [-0.25, -0.2) is 0 Å². The first kappa shape index (κ1) is 14.5. The molecule has 0 saturated carbocycles. The highest BCUT2D eigenvalue weighted by atomic mass is 35.5. The summed E-state index contributed by atoms with van der Waals surface area (Å²) >= 11 is 11.2. The molecule has 0 amide bonds. The minimum absolute atomic E-state index is 0. The molecule has 0 radical (unpaired) electrons. The van der Waals surface area contributed by atoms with E-state index in [1.54, 1.807) is 12.1 Å². The van der Waals surface area contributed by atoms with Crippen molar-refractivity contribution >= 4 is 34.6 Å². The standard InChI is InChI=1S/C6H6Cl2N2.2ClH/c7-3-1-4(8)6(10)5(9)2-3;;/h1-2H,9-10H2;2*1H/p-2. The second-order valence-corrected chi connectivity index (χ2v) is 2.73. The molecule has 6 heteroatoms. The molecule has 2 nitrogen and oxygen atoms in total. The maximum absolute atomic E-state index is 5.63. The van der Waals surface area contributed by atoms with E-state index in [1.807, 2.05) is 0 Å². The van der Waals surface area contributed by atoms with Gasteiger partial charge in [-0.1, -0.05) is 23.2 Å². The smallest absolute Gasteiger partial charge is 0.0738 e. The summed E-state index contributed by atoms with van der Waals surface area (Å²) in [7, 11) is 0. The number of anilines is 2. The zero-order valence-electron chi connectivity index (χ0n) is 5.82. The van der Waals surface area contributed by atoms with E-state index in [9.17, 15) is 0 Å². The van der Waals surface area contributed by atoms with Crippen molar-refractivity contribution in [1.82, 2.24) is 0 Å². The lowest BCUT2D eigenvalue weighted by atomic mass is 10.3. The van der Waals surface area contributed by atoms with Gasteiger partial charge in [0.2, 0.25) is 0 Å². The first-order valence-electron chi connectivity index (χ1n) is 2.61. The van der Waals surface area contributed by atoms with Crippen LogP contribution in [0.3, 0.4) is 0 Å². The van der Waals surface area contributed by atoms with Crippen molar-refractivity contribution in [3.63, 3.8) is 0 Å². The number of benzene rings is 1. The Bertz CT molecular complexity index is 241. The van der Waals surface area contributed by atoms with Crippen molar-refractivity contribution in [3.8, 4) is 0 Å². The molecule has 0 aliphatic carbocycles. The summed E-state index contributed by atoms with van der Waals surface area (Å²) in [5.41, 5.74) is 11.7. The minimum Gasteiger partial charge on any atom is -1.00 e. The SMILES string of the molecule is Nc1cc(Cl)cc(Cl)c1N.[Cl-].[Cl-]. The maximum atomic E-state index is 5.63. The maximum Gasteiger partial charge on any atom is 0.0738 e. The third-order valence-electron chi connectivity index (χ3n) is 1.13. The van der Waals surface area contributed by atoms with Crippen LogP contribution in [0.5, 0.6) is 0 Å². The number of halogens is 4. The Morgan fingerprint density at radius 2 is 1.50 bits per heavy atom. The molecule has 1 aromatic carbocycles. The molecule has 0 saturated heterocycles. The highest BCUT2D eigenvalue weighted by molar-refractivity contribution is 6.37. The second-order valence-electron chi connectivity index (χ2n) is 1.89. The van der Waals surface area contributed by atoms with Gasteiger partial charge in [0.25, 0.3) is 0 Å². The summed E-state index contributed by atoms with van der Waals surface area (Å²) in [6.45, 7) is 0. The monoisotopic (exact) mass is 246 g/mol. The van der Waals surface area contributed by atoms with Crippen molar-refractivity contribution in [3.05, 3.63) is 22.2 Å². The highest BCUT2D eigenvalue weighted by Gasteiger charge is 2.00. The van der Waals surface area contributed by atoms with Crippen molar-refractivity contribution in [2.45, 2.75) is 0 Å². The predicted molar refractivity (Wildman–Crippen MR) is 45.3 cm³/mol. The van der Waals surface area contributed by atoms with Crippen LogP contribution in [0, 0.1) is 0 Å². The van der Waals surface area contributed by atoms with Gasteiger partial charge in [0.05, 0.1) is 16.4 Å². The molecule has 0 spiro atoms. The normalized spacial score (nSPS) is 8.17. The van der Waals surface area contributed by atoms with Crippen LogP contribution in [-0.4, -0.2) is 0 Å². The molecule has 70 valence electrons. The highest BCUT2D eigenvalue weighted by Crippen LogP contribution is 2.28. The van der Waals surface area contributed by atoms with Crippen molar-refractivity contribution in [2.75, 3.05) is 11.5 Å². The van der Waals surface area contributed by atoms with Gasteiger partial charge in [-0.05, 0) is 12.1 Å². The van der Waals surface area contributed by atoms with Crippen LogP contribution in [0.4, 0.5) is 11.4 Å². The van der Waals surface area contributed by atoms with E-state index in [4.69, 9.17) is 34.7 Å². The van der Waals surface area contributed by atoms with E-state index in [0.29, 0.717) is 21.4 Å². The summed E-state index contributed by atoms with van der Waals surface area (Å²) in [6, 6.07) is 3.11. The molecule has 12 heavy (non-hydrogen) atoms. The topological polar surface area (TPSA) is 52.0 Å². The predicted octanol–water partition coefficient (Wildman–Crippen LogP) is -3.83. The first-order valence-corrected chi connectivity index (χ1v) is 3.37. The average Bonchev–Trinajstić information content (AvgIpc) is 1.82. The Morgan fingerprint density at radius 3 is 1.92 bits per heavy atom. The molecule has 1 aromatic rings. The molecule has 0 atom stereocenters. The molecule has 0 aromatic heterocycles. The van der Waals surface area contributed by atoms with Crippen LogP contribution in [0.1, 0.15) is 0 Å². The van der Waals surface area contributed by atoms with Gasteiger partial charge in [0.1, 0.15) is 0 Å². The summed E-state index contributed by atoms with van der Waals surface area (Å²) in [5, 5.41) is 0.890. The van der Waals surface area contributed by atoms with Gasteiger partial charge in [-0.15, -0.1) is 0 Å². The van der Waals surface area contributed by atoms with Crippen LogP contribution < -0.4 is 36.3 Å². The molecular formula is C6H6Cl4N2-2. The van der Waals surface area contributed by atoms with Crippen LogP contribution in [0.2, 0.25) is 10.0 Å². The number of nitrogens with two attached hydrogens (primary N) is 2. The Labute approximate surface area is 93.0 Å². The lowest BCUT2D eigenvalue weighted by molar-refractivity contribution is -0.00100. The summed E-state index contributed by atoms with van der Waals surface area (Å²) in [4.78, 5) is 0. The van der Waals surface area contributed by atoms with Gasteiger partial charge < -0.3 is 36.3 Å². The molecular weight excluding hydrogens is 242 g/mol. The molecule has 0 aliphatic rings. The third kappa shape index (κ3) is 3.15. The molecule has 0 aliphatic heterocycles. The summed E-state index contributed by atoms with van der Waals surface area (Å²) in [5.74, 6) is 0. The summed E-state index contributed by atoms with van der Waals surface area (Å²) in [6.07, 6.45) is 0. The Morgan fingerprint density at radius 1 is 1.00 bits per heavy atom. The van der Waals surface area contributed by atoms with Crippen LogP contribution >= 0.6 is 23.2 Å². The van der Waals surface area contributed by atoms with E-state index in [2.05, 4.69) is 0 Å². The Hall–Kier alpha value is -0.0200. The molecule has 0 heterocycles. The van der Waals surface area contributed by atoms with E-state index in [0.717, 1.165) is 0 Å². The molecule has 0 fully saturated rings. The van der Waals surface area contributed by atoms with Gasteiger partial charge >= 0.3 is 0 Å². The zero-order valence-corrected chi connectivity index (χ0v) is 8.84. The lowest BCUT2D eigenvalue weighted by Crippen LogP contribution is -3.00. The van der Waals surface area contributed by atoms with Gasteiger partial charge in [-0.2, -0.15) is 0 Å². The minimum atomic E-state index is 0. The molecule has 4 N–H and O–H groups in total. The number of nitrogen functional groups attached to an aromatic ring is 2. The fourth-order valence-corrected chi connectivity index (χ4v) is 1.11. The Balaban J connectivity index is 0. The lowest BCUT2D eigenvalue weighted by Gasteiger charge is -2.01. The van der Waals surface area contributed by atoms with Crippen LogP contribution in [0.25, 0.3) is 0 Å². The Kier molecular flexibility index (Phi) is 6.76. The molecule has 0 unspecified atom stereocenters. The molecule has 0 bridgehead atoms. The van der Waals surface area contributed by atoms with E-state index in [-0.39, 0.29) is 24.8 Å². The van der Waals surface area contributed by atoms with E-state index >= 15 is 0 Å². The van der Waals surface area contributed by atoms with Gasteiger partial charge in [0, 0.05) is 5.02 Å². The summed E-state index contributed by atoms with van der Waals surface area (Å²) < 4.78 is 0. The number of hydrogen-bond donors (Lipinski definition) is 2. The zero-order chi connectivity index (χ0) is 7.72. The average molecular weight is 248 g/mol. The largest absolute Gasteiger partial charge is 1.00 e. The van der Waals surface area contributed by atoms with Crippen LogP contribution in [-0.2, 0) is 0 Å². The first-order chi connectivity index (χ1) is 4.61. The van der Waals surface area contributed by atoms with Crippen molar-refractivity contribution < 1.29 is 24.8 Å². The number of hydrogen-bond acceptors (Lipinski definition) is 2.